The first-order chi connectivity index (χ1) is 9.33. The average molecular weight is 274 g/mol. The lowest BCUT2D eigenvalue weighted by Gasteiger charge is -2.17. The van der Waals surface area contributed by atoms with Crippen molar-refractivity contribution in [2.45, 2.75) is 40.0 Å². The van der Waals surface area contributed by atoms with Crippen molar-refractivity contribution in [3.05, 3.63) is 29.3 Å². The molecule has 1 aromatic rings. The standard InChI is InChI=1S/C16H22N2O2/c1-16(2,3)10-15(20)17-7-6-11-4-5-13-12(8-11)9-14(19)18-13/h4-5,8H,6-7,9-10H2,1-3H3,(H,17,20)(H,18,19). The molecule has 0 atom stereocenters. The van der Waals surface area contributed by atoms with Gasteiger partial charge in [-0.1, -0.05) is 32.9 Å². The van der Waals surface area contributed by atoms with E-state index in [9.17, 15) is 9.59 Å². The number of anilines is 1. The molecular weight excluding hydrogens is 252 g/mol. The van der Waals surface area contributed by atoms with Crippen molar-refractivity contribution in [1.82, 2.24) is 5.32 Å². The van der Waals surface area contributed by atoms with Crippen LogP contribution in [0.2, 0.25) is 0 Å². The van der Waals surface area contributed by atoms with E-state index in [-0.39, 0.29) is 17.2 Å². The van der Waals surface area contributed by atoms with E-state index >= 15 is 0 Å². The summed E-state index contributed by atoms with van der Waals surface area (Å²) in [6, 6.07) is 5.98. The van der Waals surface area contributed by atoms with Crippen LogP contribution in [-0.4, -0.2) is 18.4 Å². The van der Waals surface area contributed by atoms with Gasteiger partial charge in [0.05, 0.1) is 6.42 Å². The summed E-state index contributed by atoms with van der Waals surface area (Å²) in [6.07, 6.45) is 1.78. The van der Waals surface area contributed by atoms with Gasteiger partial charge in [0, 0.05) is 18.7 Å². The van der Waals surface area contributed by atoms with E-state index < -0.39 is 0 Å². The van der Waals surface area contributed by atoms with Crippen molar-refractivity contribution in [2.24, 2.45) is 5.41 Å². The minimum Gasteiger partial charge on any atom is -0.356 e. The van der Waals surface area contributed by atoms with Crippen LogP contribution < -0.4 is 10.6 Å². The van der Waals surface area contributed by atoms with Crippen molar-refractivity contribution in [1.29, 1.82) is 0 Å². The van der Waals surface area contributed by atoms with Crippen LogP contribution >= 0.6 is 0 Å². The van der Waals surface area contributed by atoms with Gasteiger partial charge in [0.15, 0.2) is 0 Å². The second-order valence-electron chi connectivity index (χ2n) is 6.55. The van der Waals surface area contributed by atoms with E-state index in [0.717, 1.165) is 23.2 Å². The zero-order chi connectivity index (χ0) is 14.8. The molecule has 4 nitrogen and oxygen atoms in total. The summed E-state index contributed by atoms with van der Waals surface area (Å²) in [6.45, 7) is 6.79. The molecule has 108 valence electrons. The Morgan fingerprint density at radius 3 is 2.80 bits per heavy atom. The van der Waals surface area contributed by atoms with Crippen LogP contribution in [-0.2, 0) is 22.4 Å². The number of benzene rings is 1. The predicted molar refractivity (Wildman–Crippen MR) is 79.6 cm³/mol. The largest absolute Gasteiger partial charge is 0.356 e. The third kappa shape index (κ3) is 4.08. The molecule has 2 rings (SSSR count). The number of nitrogens with one attached hydrogen (secondary N) is 2. The van der Waals surface area contributed by atoms with E-state index in [4.69, 9.17) is 0 Å². The first-order valence-electron chi connectivity index (χ1n) is 7.02. The fraction of sp³-hybridized carbons (Fsp3) is 0.500. The molecule has 0 bridgehead atoms. The van der Waals surface area contributed by atoms with E-state index in [0.29, 0.717) is 19.4 Å². The second-order valence-corrected chi connectivity index (χ2v) is 6.55. The number of amides is 2. The molecule has 0 unspecified atom stereocenters. The molecule has 0 saturated carbocycles. The molecule has 2 N–H and O–H groups in total. The van der Waals surface area contributed by atoms with Crippen molar-refractivity contribution < 1.29 is 9.59 Å². The van der Waals surface area contributed by atoms with Gasteiger partial charge in [-0.3, -0.25) is 9.59 Å². The normalized spacial score (nSPS) is 13.8. The van der Waals surface area contributed by atoms with Crippen LogP contribution in [0.25, 0.3) is 0 Å². The number of carbonyl (C=O) groups is 2. The Hall–Kier alpha value is -1.84. The molecule has 2 amide bonds. The molecule has 0 aliphatic carbocycles. The molecule has 1 aliphatic rings. The molecule has 1 aliphatic heterocycles. The van der Waals surface area contributed by atoms with Gasteiger partial charge in [-0.05, 0) is 29.0 Å². The zero-order valence-corrected chi connectivity index (χ0v) is 12.4. The number of fused-ring (bicyclic) bond motifs is 1. The highest BCUT2D eigenvalue weighted by Crippen LogP contribution is 2.24. The van der Waals surface area contributed by atoms with E-state index in [1.807, 2.05) is 18.2 Å². The third-order valence-corrected chi connectivity index (χ3v) is 3.22. The van der Waals surface area contributed by atoms with Gasteiger partial charge in [-0.15, -0.1) is 0 Å². The van der Waals surface area contributed by atoms with Crippen molar-refractivity contribution in [3.63, 3.8) is 0 Å². The lowest BCUT2D eigenvalue weighted by Crippen LogP contribution is -2.29. The Balaban J connectivity index is 1.82. The van der Waals surface area contributed by atoms with Gasteiger partial charge < -0.3 is 10.6 Å². The van der Waals surface area contributed by atoms with E-state index in [2.05, 4.69) is 31.4 Å². The SMILES string of the molecule is CC(C)(C)CC(=O)NCCc1ccc2c(c1)CC(=O)N2. The van der Waals surface area contributed by atoms with Crippen molar-refractivity contribution >= 4 is 17.5 Å². The Morgan fingerprint density at radius 1 is 1.35 bits per heavy atom. The van der Waals surface area contributed by atoms with Crippen molar-refractivity contribution in [3.8, 4) is 0 Å². The number of carbonyl (C=O) groups excluding carboxylic acids is 2. The number of hydrogen-bond acceptors (Lipinski definition) is 2. The Labute approximate surface area is 119 Å². The van der Waals surface area contributed by atoms with Crippen LogP contribution in [0.4, 0.5) is 5.69 Å². The molecule has 20 heavy (non-hydrogen) atoms. The minimum atomic E-state index is 0.0175. The molecule has 1 heterocycles. The maximum atomic E-state index is 11.7. The highest BCUT2D eigenvalue weighted by Gasteiger charge is 2.18. The average Bonchev–Trinajstić information content (AvgIpc) is 2.66. The maximum absolute atomic E-state index is 11.7. The Bertz CT molecular complexity index is 530. The molecule has 4 heteroatoms. The van der Waals surface area contributed by atoms with Gasteiger partial charge >= 0.3 is 0 Å². The highest BCUT2D eigenvalue weighted by atomic mass is 16.2. The van der Waals surface area contributed by atoms with E-state index in [1.165, 1.54) is 0 Å². The minimum absolute atomic E-state index is 0.0175. The van der Waals surface area contributed by atoms with Gasteiger partial charge in [0.1, 0.15) is 0 Å². The molecular formula is C16H22N2O2. The summed E-state index contributed by atoms with van der Waals surface area (Å²) < 4.78 is 0. The molecule has 1 aromatic carbocycles. The Kier molecular flexibility index (Phi) is 4.12. The van der Waals surface area contributed by atoms with Gasteiger partial charge in [-0.2, -0.15) is 0 Å². The number of hydrogen-bond donors (Lipinski definition) is 2. The van der Waals surface area contributed by atoms with Crippen LogP contribution in [0, 0.1) is 5.41 Å². The molecule has 0 aromatic heterocycles. The van der Waals surface area contributed by atoms with Crippen LogP contribution in [0.5, 0.6) is 0 Å². The second kappa shape index (κ2) is 5.65. The molecule has 0 radical (unpaired) electrons. The lowest BCUT2D eigenvalue weighted by atomic mass is 9.92. The summed E-state index contributed by atoms with van der Waals surface area (Å²) in [5.74, 6) is 0.145. The predicted octanol–water partition coefficient (Wildman–Crippen LogP) is 2.28. The zero-order valence-electron chi connectivity index (χ0n) is 12.4. The topological polar surface area (TPSA) is 58.2 Å². The smallest absolute Gasteiger partial charge is 0.228 e. The fourth-order valence-corrected chi connectivity index (χ4v) is 2.33. The quantitative estimate of drug-likeness (QED) is 0.885. The highest BCUT2D eigenvalue weighted by molar-refractivity contribution is 5.99. The maximum Gasteiger partial charge on any atom is 0.228 e. The Morgan fingerprint density at radius 2 is 2.10 bits per heavy atom. The van der Waals surface area contributed by atoms with Gasteiger partial charge in [-0.25, -0.2) is 0 Å². The summed E-state index contributed by atoms with van der Waals surface area (Å²) in [5, 5.41) is 5.76. The van der Waals surface area contributed by atoms with Crippen molar-refractivity contribution in [2.75, 3.05) is 11.9 Å². The lowest BCUT2D eigenvalue weighted by molar-refractivity contribution is -0.122. The molecule has 0 saturated heterocycles. The van der Waals surface area contributed by atoms with Crippen LogP contribution in [0.3, 0.4) is 0 Å². The summed E-state index contributed by atoms with van der Waals surface area (Å²) >= 11 is 0. The molecule has 0 spiro atoms. The van der Waals surface area contributed by atoms with Crippen LogP contribution in [0.1, 0.15) is 38.3 Å². The first-order valence-corrected chi connectivity index (χ1v) is 7.02. The third-order valence-electron chi connectivity index (χ3n) is 3.22. The van der Waals surface area contributed by atoms with E-state index in [1.54, 1.807) is 0 Å². The number of rotatable bonds is 4. The van der Waals surface area contributed by atoms with Gasteiger partial charge in [0.2, 0.25) is 11.8 Å². The summed E-state index contributed by atoms with van der Waals surface area (Å²) in [4.78, 5) is 23.0. The first kappa shape index (κ1) is 14.6. The monoisotopic (exact) mass is 274 g/mol. The van der Waals surface area contributed by atoms with Gasteiger partial charge in [0.25, 0.3) is 0 Å². The molecule has 0 fully saturated rings. The summed E-state index contributed by atoms with van der Waals surface area (Å²) in [7, 11) is 0. The summed E-state index contributed by atoms with van der Waals surface area (Å²) in [5.41, 5.74) is 3.13. The van der Waals surface area contributed by atoms with Crippen LogP contribution in [0.15, 0.2) is 18.2 Å². The fourth-order valence-electron chi connectivity index (χ4n) is 2.33.